The van der Waals surface area contributed by atoms with Crippen LogP contribution in [0.25, 0.3) is 0 Å². The highest BCUT2D eigenvalue weighted by molar-refractivity contribution is 5.76. The maximum absolute atomic E-state index is 12.4. The third kappa shape index (κ3) is 4.07. The van der Waals surface area contributed by atoms with E-state index in [2.05, 4.69) is 32.9 Å². The summed E-state index contributed by atoms with van der Waals surface area (Å²) in [5.74, 6) is 0.907. The lowest BCUT2D eigenvalue weighted by atomic mass is 9.77. The summed E-state index contributed by atoms with van der Waals surface area (Å²) in [5.41, 5.74) is 8.40. The molecule has 1 unspecified atom stereocenters. The van der Waals surface area contributed by atoms with Gasteiger partial charge in [-0.25, -0.2) is 0 Å². The lowest BCUT2D eigenvalue weighted by Gasteiger charge is -2.29. The molecule has 0 radical (unpaired) electrons. The van der Waals surface area contributed by atoms with Crippen molar-refractivity contribution >= 4 is 5.91 Å². The van der Waals surface area contributed by atoms with Gasteiger partial charge in [-0.2, -0.15) is 0 Å². The van der Waals surface area contributed by atoms with Crippen LogP contribution in [0.4, 0.5) is 0 Å². The van der Waals surface area contributed by atoms with E-state index in [0.29, 0.717) is 25.4 Å². The fourth-order valence-corrected chi connectivity index (χ4v) is 3.19. The number of carbonyl (C=O) groups excluding carboxylic acids is 1. The van der Waals surface area contributed by atoms with Gasteiger partial charge in [0, 0.05) is 26.1 Å². The van der Waals surface area contributed by atoms with Crippen molar-refractivity contribution in [3.8, 4) is 0 Å². The highest BCUT2D eigenvalue weighted by Crippen LogP contribution is 2.34. The molecule has 0 bridgehead atoms. The zero-order chi connectivity index (χ0) is 15.5. The Morgan fingerprint density at radius 1 is 1.19 bits per heavy atom. The van der Waals surface area contributed by atoms with E-state index in [1.54, 1.807) is 0 Å². The maximum atomic E-state index is 12.4. The van der Waals surface area contributed by atoms with E-state index < -0.39 is 0 Å². The van der Waals surface area contributed by atoms with E-state index in [4.69, 9.17) is 5.73 Å². The molecule has 1 aromatic carbocycles. The third-order valence-electron chi connectivity index (χ3n) is 4.73. The van der Waals surface area contributed by atoms with Crippen molar-refractivity contribution < 1.29 is 4.79 Å². The number of nitrogens with two attached hydrogens (primary N) is 1. The first-order valence-corrected chi connectivity index (χ1v) is 7.96. The van der Waals surface area contributed by atoms with E-state index >= 15 is 0 Å². The maximum Gasteiger partial charge on any atom is 0.222 e. The Bertz CT molecular complexity index is 490. The van der Waals surface area contributed by atoms with Gasteiger partial charge in [-0.3, -0.25) is 4.79 Å². The Labute approximate surface area is 128 Å². The number of hydrogen-bond donors (Lipinski definition) is 1. The Morgan fingerprint density at radius 3 is 2.48 bits per heavy atom. The van der Waals surface area contributed by atoms with Gasteiger partial charge in [0.15, 0.2) is 0 Å². The summed E-state index contributed by atoms with van der Waals surface area (Å²) in [4.78, 5) is 14.4. The lowest BCUT2D eigenvalue weighted by molar-refractivity contribution is -0.131. The number of likely N-dealkylation sites (tertiary alicyclic amines) is 1. The molecule has 3 nitrogen and oxygen atoms in total. The van der Waals surface area contributed by atoms with E-state index in [9.17, 15) is 4.79 Å². The van der Waals surface area contributed by atoms with Crippen molar-refractivity contribution in [1.82, 2.24) is 4.90 Å². The molecule has 2 N–H and O–H groups in total. The van der Waals surface area contributed by atoms with Gasteiger partial charge in [0.05, 0.1) is 0 Å². The summed E-state index contributed by atoms with van der Waals surface area (Å²) in [6, 6.07) is 8.16. The molecule has 0 aromatic heterocycles. The Balaban J connectivity index is 2.08. The molecule has 1 aromatic rings. The van der Waals surface area contributed by atoms with Crippen molar-refractivity contribution in [1.29, 1.82) is 0 Å². The topological polar surface area (TPSA) is 46.3 Å². The van der Waals surface area contributed by atoms with Gasteiger partial charge in [-0.1, -0.05) is 45.0 Å². The van der Waals surface area contributed by atoms with E-state index in [1.165, 1.54) is 5.56 Å². The predicted molar refractivity (Wildman–Crippen MR) is 86.5 cm³/mol. The summed E-state index contributed by atoms with van der Waals surface area (Å²) >= 11 is 0. The molecule has 0 saturated carbocycles. The largest absolute Gasteiger partial charge is 0.338 e. The Kier molecular flexibility index (Phi) is 5.04. The van der Waals surface area contributed by atoms with Crippen molar-refractivity contribution in [2.24, 2.45) is 17.1 Å². The molecule has 1 amide bonds. The van der Waals surface area contributed by atoms with Crippen LogP contribution in [0, 0.1) is 11.3 Å². The van der Waals surface area contributed by atoms with Crippen LogP contribution >= 0.6 is 0 Å². The van der Waals surface area contributed by atoms with E-state index in [0.717, 1.165) is 24.9 Å². The van der Waals surface area contributed by atoms with Crippen LogP contribution in [0.3, 0.4) is 0 Å². The Hall–Kier alpha value is -1.35. The standard InChI is InChI=1S/C18H28N2O/c1-18(2,3)16-8-9-17(21)20(11-10-16)13-15-7-5-4-6-14(15)12-19/h4-7,16H,8-13,19H2,1-3H3. The van der Waals surface area contributed by atoms with Crippen LogP contribution in [-0.2, 0) is 17.9 Å². The SMILES string of the molecule is CC(C)(C)C1CCC(=O)N(Cc2ccccc2CN)CC1. The molecule has 0 spiro atoms. The van der Waals surface area contributed by atoms with Gasteiger partial charge < -0.3 is 10.6 Å². The fourth-order valence-electron chi connectivity index (χ4n) is 3.19. The molecular formula is C18H28N2O. The molecule has 3 heteroatoms. The molecule has 1 atom stereocenters. The molecule has 1 fully saturated rings. The van der Waals surface area contributed by atoms with Crippen LogP contribution in [0.15, 0.2) is 24.3 Å². The molecule has 21 heavy (non-hydrogen) atoms. The van der Waals surface area contributed by atoms with Crippen LogP contribution in [0.2, 0.25) is 0 Å². The zero-order valence-corrected chi connectivity index (χ0v) is 13.6. The van der Waals surface area contributed by atoms with Crippen molar-refractivity contribution in [2.75, 3.05) is 6.54 Å². The second kappa shape index (κ2) is 6.61. The average molecular weight is 288 g/mol. The second-order valence-electron chi connectivity index (χ2n) is 7.18. The minimum absolute atomic E-state index is 0.283. The smallest absolute Gasteiger partial charge is 0.222 e. The van der Waals surface area contributed by atoms with Crippen molar-refractivity contribution in [3.63, 3.8) is 0 Å². The molecule has 0 aliphatic carbocycles. The van der Waals surface area contributed by atoms with Crippen LogP contribution in [-0.4, -0.2) is 17.4 Å². The molecule has 2 rings (SSSR count). The van der Waals surface area contributed by atoms with Crippen LogP contribution < -0.4 is 5.73 Å². The van der Waals surface area contributed by atoms with Crippen LogP contribution in [0.1, 0.15) is 51.2 Å². The lowest BCUT2D eigenvalue weighted by Crippen LogP contribution is -2.30. The first kappa shape index (κ1) is 16.0. The van der Waals surface area contributed by atoms with Gasteiger partial charge in [0.1, 0.15) is 0 Å². The Morgan fingerprint density at radius 2 is 1.86 bits per heavy atom. The summed E-state index contributed by atoms with van der Waals surface area (Å²) < 4.78 is 0. The molecular weight excluding hydrogens is 260 g/mol. The third-order valence-corrected chi connectivity index (χ3v) is 4.73. The molecule has 1 saturated heterocycles. The fraction of sp³-hybridized carbons (Fsp3) is 0.611. The van der Waals surface area contributed by atoms with Gasteiger partial charge in [0.25, 0.3) is 0 Å². The quantitative estimate of drug-likeness (QED) is 0.927. The van der Waals surface area contributed by atoms with Crippen molar-refractivity contribution in [2.45, 2.75) is 53.1 Å². The molecule has 116 valence electrons. The predicted octanol–water partition coefficient (Wildman–Crippen LogP) is 3.32. The molecule has 1 aliphatic heterocycles. The molecule has 1 aliphatic rings. The highest BCUT2D eigenvalue weighted by atomic mass is 16.2. The monoisotopic (exact) mass is 288 g/mol. The average Bonchev–Trinajstić information content (AvgIpc) is 2.62. The van der Waals surface area contributed by atoms with Gasteiger partial charge in [0.2, 0.25) is 5.91 Å². The number of amides is 1. The summed E-state index contributed by atoms with van der Waals surface area (Å²) in [5, 5.41) is 0. The highest BCUT2D eigenvalue weighted by Gasteiger charge is 2.29. The minimum atomic E-state index is 0.283. The minimum Gasteiger partial charge on any atom is -0.338 e. The van der Waals surface area contributed by atoms with Gasteiger partial charge >= 0.3 is 0 Å². The molecule has 1 heterocycles. The zero-order valence-electron chi connectivity index (χ0n) is 13.6. The normalized spacial score (nSPS) is 20.5. The number of nitrogens with zero attached hydrogens (tertiary/aromatic N) is 1. The number of benzene rings is 1. The first-order chi connectivity index (χ1) is 9.91. The first-order valence-electron chi connectivity index (χ1n) is 7.96. The number of carbonyl (C=O) groups is 1. The van der Waals surface area contributed by atoms with E-state index in [-0.39, 0.29) is 11.3 Å². The van der Waals surface area contributed by atoms with E-state index in [1.807, 2.05) is 17.0 Å². The van der Waals surface area contributed by atoms with Crippen molar-refractivity contribution in [3.05, 3.63) is 35.4 Å². The number of rotatable bonds is 3. The van der Waals surface area contributed by atoms with Gasteiger partial charge in [-0.15, -0.1) is 0 Å². The second-order valence-corrected chi connectivity index (χ2v) is 7.18. The number of hydrogen-bond acceptors (Lipinski definition) is 2. The summed E-state index contributed by atoms with van der Waals surface area (Å²) in [6.45, 7) is 8.93. The summed E-state index contributed by atoms with van der Waals surface area (Å²) in [7, 11) is 0. The van der Waals surface area contributed by atoms with Gasteiger partial charge in [-0.05, 0) is 35.3 Å². The summed E-state index contributed by atoms with van der Waals surface area (Å²) in [6.07, 6.45) is 2.78. The van der Waals surface area contributed by atoms with Crippen LogP contribution in [0.5, 0.6) is 0 Å².